The Labute approximate surface area is 81.5 Å². The van der Waals surface area contributed by atoms with Crippen LogP contribution in [0.1, 0.15) is 19.3 Å². The topological polar surface area (TPSA) is 0 Å². The van der Waals surface area contributed by atoms with Gasteiger partial charge in [-0.3, -0.25) is 0 Å². The summed E-state index contributed by atoms with van der Waals surface area (Å²) in [4.78, 5) is 0. The molecule has 0 heterocycles. The largest absolute Gasteiger partial charge is 0.121 e. The van der Waals surface area contributed by atoms with Gasteiger partial charge < -0.3 is 0 Å². The molecule has 0 saturated heterocycles. The highest BCUT2D eigenvalue weighted by molar-refractivity contribution is 6.59. The van der Waals surface area contributed by atoms with Crippen molar-refractivity contribution >= 4 is 34.8 Å². The van der Waals surface area contributed by atoms with Crippen molar-refractivity contribution in [3.05, 3.63) is 9.52 Å². The predicted molar refractivity (Wildman–Crippen MR) is 48.9 cm³/mol. The molecule has 1 unspecified atom stereocenters. The van der Waals surface area contributed by atoms with E-state index >= 15 is 0 Å². The van der Waals surface area contributed by atoms with Gasteiger partial charge in [0.15, 0.2) is 0 Å². The molecule has 3 atom stereocenters. The quantitative estimate of drug-likeness (QED) is 0.617. The first-order valence-corrected chi connectivity index (χ1v) is 5.06. The van der Waals surface area contributed by atoms with Crippen LogP contribution in [-0.4, -0.2) is 0 Å². The van der Waals surface area contributed by atoms with E-state index in [9.17, 15) is 0 Å². The molecule has 0 bridgehead atoms. The van der Waals surface area contributed by atoms with Crippen molar-refractivity contribution in [1.82, 2.24) is 0 Å². The molecule has 0 N–H and O–H groups in total. The highest BCUT2D eigenvalue weighted by Gasteiger charge is 2.54. The minimum Gasteiger partial charge on any atom is -0.0862 e. The van der Waals surface area contributed by atoms with E-state index in [1.54, 1.807) is 0 Å². The maximum absolute atomic E-state index is 5.93. The van der Waals surface area contributed by atoms with Crippen molar-refractivity contribution in [3.8, 4) is 0 Å². The monoisotopic (exact) mass is 210 g/mol. The first-order chi connectivity index (χ1) is 5.22. The van der Waals surface area contributed by atoms with E-state index in [1.807, 2.05) is 0 Å². The molecule has 2 fully saturated rings. The van der Waals surface area contributed by atoms with E-state index in [1.165, 1.54) is 19.3 Å². The van der Waals surface area contributed by atoms with Gasteiger partial charge in [0.2, 0.25) is 0 Å². The first-order valence-electron chi connectivity index (χ1n) is 3.92. The first kappa shape index (κ1) is 8.22. The van der Waals surface area contributed by atoms with Crippen LogP contribution in [0.5, 0.6) is 0 Å². The fraction of sp³-hybridized carbons (Fsp3) is 0.750. The summed E-state index contributed by atoms with van der Waals surface area (Å²) in [7, 11) is 0. The summed E-state index contributed by atoms with van der Waals surface area (Å²) in [6.45, 7) is 0. The zero-order valence-electron chi connectivity index (χ0n) is 5.99. The number of halogens is 3. The van der Waals surface area contributed by atoms with Crippen LogP contribution in [0.3, 0.4) is 0 Å². The normalized spacial score (nSPS) is 40.1. The van der Waals surface area contributed by atoms with Crippen LogP contribution < -0.4 is 0 Å². The summed E-state index contributed by atoms with van der Waals surface area (Å²) in [5, 5.41) is 0.697. The van der Waals surface area contributed by atoms with Gasteiger partial charge in [-0.1, -0.05) is 41.2 Å². The van der Waals surface area contributed by atoms with Crippen LogP contribution in [0.4, 0.5) is 0 Å². The molecule has 0 aromatic rings. The molecule has 0 aromatic heterocycles. The molecule has 0 radical (unpaired) electrons. The molecule has 11 heavy (non-hydrogen) atoms. The molecule has 62 valence electrons. The lowest BCUT2D eigenvalue weighted by Crippen LogP contribution is -1.87. The maximum Gasteiger partial charge on any atom is 0.121 e. The Hall–Kier alpha value is 0.610. The minimum atomic E-state index is 0.270. The van der Waals surface area contributed by atoms with Crippen LogP contribution in [0.2, 0.25) is 0 Å². The number of hydrogen-bond acceptors (Lipinski definition) is 0. The maximum atomic E-state index is 5.93. The third-order valence-corrected chi connectivity index (χ3v) is 3.92. The Morgan fingerprint density at radius 1 is 1.00 bits per heavy atom. The zero-order chi connectivity index (χ0) is 8.01. The predicted octanol–water partition coefficient (Wildman–Crippen LogP) is 3.92. The average Bonchev–Trinajstić information content (AvgIpc) is 2.41. The van der Waals surface area contributed by atoms with Crippen molar-refractivity contribution in [2.45, 2.75) is 19.3 Å². The molecule has 2 aliphatic rings. The van der Waals surface area contributed by atoms with Crippen LogP contribution >= 0.6 is 34.8 Å². The van der Waals surface area contributed by atoms with Crippen molar-refractivity contribution in [3.63, 3.8) is 0 Å². The molecule has 2 rings (SSSR count). The van der Waals surface area contributed by atoms with Crippen LogP contribution in [0.25, 0.3) is 0 Å². The highest BCUT2D eigenvalue weighted by Crippen LogP contribution is 2.62. The van der Waals surface area contributed by atoms with E-state index in [4.69, 9.17) is 34.8 Å². The van der Waals surface area contributed by atoms with Gasteiger partial charge in [0.05, 0.1) is 5.03 Å². The molecule has 3 heteroatoms. The number of hydrogen-bond donors (Lipinski definition) is 0. The lowest BCUT2D eigenvalue weighted by Gasteiger charge is -2.00. The fourth-order valence-electron chi connectivity index (χ4n) is 2.32. The molecule has 0 aliphatic heterocycles. The summed E-state index contributed by atoms with van der Waals surface area (Å²) < 4.78 is 0.270. The third-order valence-electron chi connectivity index (χ3n) is 2.88. The number of fused-ring (bicyclic) bond motifs is 1. The molecule has 2 saturated carbocycles. The SMILES string of the molecule is ClC(Cl)=C(Cl)C1[C@H]2CCC[C@@H]12. The zero-order valence-corrected chi connectivity index (χ0v) is 8.26. The highest BCUT2D eigenvalue weighted by atomic mass is 35.5. The summed E-state index contributed by atoms with van der Waals surface area (Å²) in [5.41, 5.74) is 0. The Balaban J connectivity index is 2.06. The molecular weight excluding hydrogens is 202 g/mol. The van der Waals surface area contributed by atoms with Crippen LogP contribution in [0, 0.1) is 17.8 Å². The summed E-state index contributed by atoms with van der Waals surface area (Å²) in [5.74, 6) is 2.11. The second-order valence-electron chi connectivity index (χ2n) is 3.39. The number of allylic oxidation sites excluding steroid dienone is 1. The Kier molecular flexibility index (Phi) is 2.11. The minimum absolute atomic E-state index is 0.270. The van der Waals surface area contributed by atoms with E-state index in [0.29, 0.717) is 11.0 Å². The van der Waals surface area contributed by atoms with Gasteiger partial charge in [-0.25, -0.2) is 0 Å². The lowest BCUT2D eigenvalue weighted by atomic mass is 10.1. The summed E-state index contributed by atoms with van der Waals surface area (Å²) >= 11 is 17.1. The molecule has 0 aromatic carbocycles. The van der Waals surface area contributed by atoms with Gasteiger partial charge in [-0.2, -0.15) is 0 Å². The third kappa shape index (κ3) is 1.30. The van der Waals surface area contributed by atoms with Crippen molar-refractivity contribution in [1.29, 1.82) is 0 Å². The van der Waals surface area contributed by atoms with Crippen molar-refractivity contribution in [2.75, 3.05) is 0 Å². The van der Waals surface area contributed by atoms with Crippen molar-refractivity contribution in [2.24, 2.45) is 17.8 Å². The Bertz CT molecular complexity index is 195. The molecule has 0 amide bonds. The van der Waals surface area contributed by atoms with Gasteiger partial charge in [-0.15, -0.1) is 0 Å². The molecule has 2 aliphatic carbocycles. The van der Waals surface area contributed by atoms with Crippen LogP contribution in [0.15, 0.2) is 9.52 Å². The van der Waals surface area contributed by atoms with Crippen LogP contribution in [-0.2, 0) is 0 Å². The van der Waals surface area contributed by atoms with E-state index in [0.717, 1.165) is 11.8 Å². The average molecular weight is 212 g/mol. The van der Waals surface area contributed by atoms with Gasteiger partial charge in [-0.05, 0) is 24.7 Å². The standard InChI is InChI=1S/C8H9Cl3/c9-7(8(10)11)6-4-2-1-3-5(4)6/h4-6H,1-3H2/t4-,5+,6?. The van der Waals surface area contributed by atoms with E-state index in [2.05, 4.69) is 0 Å². The fourth-order valence-corrected chi connectivity index (χ4v) is 2.90. The van der Waals surface area contributed by atoms with E-state index < -0.39 is 0 Å². The summed E-state index contributed by atoms with van der Waals surface area (Å²) in [6.07, 6.45) is 3.98. The van der Waals surface area contributed by atoms with Gasteiger partial charge >= 0.3 is 0 Å². The molecule has 0 spiro atoms. The Morgan fingerprint density at radius 3 is 2.00 bits per heavy atom. The molecular formula is C8H9Cl3. The van der Waals surface area contributed by atoms with Gasteiger partial charge in [0.1, 0.15) is 4.49 Å². The van der Waals surface area contributed by atoms with E-state index in [-0.39, 0.29) is 4.49 Å². The lowest BCUT2D eigenvalue weighted by molar-refractivity contribution is 0.659. The van der Waals surface area contributed by atoms with Gasteiger partial charge in [0, 0.05) is 5.92 Å². The molecule has 0 nitrogen and oxygen atoms in total. The second-order valence-corrected chi connectivity index (χ2v) is 4.75. The Morgan fingerprint density at radius 2 is 1.55 bits per heavy atom. The second kappa shape index (κ2) is 2.83. The summed E-state index contributed by atoms with van der Waals surface area (Å²) in [6, 6.07) is 0. The number of rotatable bonds is 1. The van der Waals surface area contributed by atoms with Crippen molar-refractivity contribution < 1.29 is 0 Å². The van der Waals surface area contributed by atoms with Gasteiger partial charge in [0.25, 0.3) is 0 Å². The smallest absolute Gasteiger partial charge is 0.0862 e.